The summed E-state index contributed by atoms with van der Waals surface area (Å²) in [6.45, 7) is 4.82. The van der Waals surface area contributed by atoms with Crippen LogP contribution in [0.15, 0.2) is 6.07 Å². The molecule has 0 aliphatic carbocycles. The van der Waals surface area contributed by atoms with Crippen molar-refractivity contribution in [3.05, 3.63) is 22.8 Å². The van der Waals surface area contributed by atoms with E-state index < -0.39 is 66.0 Å². The lowest BCUT2D eigenvalue weighted by atomic mass is 9.64. The number of aromatic carboxylic acids is 1. The van der Waals surface area contributed by atoms with Crippen molar-refractivity contribution < 1.29 is 49.0 Å². The highest BCUT2D eigenvalue weighted by Gasteiger charge is 2.42. The molecule has 3 rings (SSSR count). The smallest absolute Gasteiger partial charge is 0.526 e. The van der Waals surface area contributed by atoms with Gasteiger partial charge in [-0.3, -0.25) is 19.3 Å². The molecule has 194 valence electrons. The van der Waals surface area contributed by atoms with Crippen molar-refractivity contribution in [3.63, 3.8) is 0 Å². The summed E-state index contributed by atoms with van der Waals surface area (Å²) < 4.78 is 5.35. The SMILES string of the molecule is CCN1CCN(C(=O)N[C@@H](C(=O)C[C@H]2Cc3cc(C)c(O)c(C(=O)O)c3OB2O)[C@@H](C)O)C(=O)C1=O. The minimum absolute atomic E-state index is 0.0239. The van der Waals surface area contributed by atoms with Crippen LogP contribution in [0.3, 0.4) is 0 Å². The van der Waals surface area contributed by atoms with Crippen LogP contribution in [-0.4, -0.2) is 98.6 Å². The number of phenols is 1. The van der Waals surface area contributed by atoms with E-state index >= 15 is 0 Å². The molecule has 0 unspecified atom stereocenters. The van der Waals surface area contributed by atoms with E-state index in [1.807, 2.05) is 0 Å². The van der Waals surface area contributed by atoms with Crippen LogP contribution in [0.1, 0.15) is 41.8 Å². The number of ketones is 1. The molecule has 0 spiro atoms. The Balaban J connectivity index is 1.74. The second-order valence-electron chi connectivity index (χ2n) is 8.86. The number of amides is 4. The monoisotopic (exact) mass is 505 g/mol. The van der Waals surface area contributed by atoms with Crippen LogP contribution in [0, 0.1) is 6.92 Å². The largest absolute Gasteiger partial charge is 0.535 e. The van der Waals surface area contributed by atoms with Crippen LogP contribution in [0.2, 0.25) is 5.82 Å². The van der Waals surface area contributed by atoms with Gasteiger partial charge >= 0.3 is 30.9 Å². The number of carboxylic acid groups (broad SMARTS) is 1. The van der Waals surface area contributed by atoms with E-state index in [-0.39, 0.29) is 37.2 Å². The zero-order chi connectivity index (χ0) is 26.9. The fourth-order valence-corrected chi connectivity index (χ4v) is 4.35. The predicted octanol–water partition coefficient (Wildman–Crippen LogP) is -0.707. The van der Waals surface area contributed by atoms with Crippen LogP contribution in [0.5, 0.6) is 11.5 Å². The lowest BCUT2D eigenvalue weighted by Crippen LogP contribution is -2.61. The molecule has 4 amide bonds. The molecule has 1 aromatic rings. The summed E-state index contributed by atoms with van der Waals surface area (Å²) in [6.07, 6.45) is -1.71. The number of likely N-dealkylation sites (N-methyl/N-ethyl adjacent to an activating group) is 1. The molecule has 0 saturated carbocycles. The van der Waals surface area contributed by atoms with Gasteiger partial charge < -0.3 is 35.2 Å². The number of urea groups is 1. The molecule has 0 bridgehead atoms. The number of aryl methyl sites for hydroxylation is 1. The van der Waals surface area contributed by atoms with Crippen molar-refractivity contribution in [2.24, 2.45) is 0 Å². The Labute approximate surface area is 206 Å². The molecule has 2 aliphatic heterocycles. The lowest BCUT2D eigenvalue weighted by molar-refractivity contribution is -0.153. The standard InChI is InChI=1S/C22H28BN3O10/c1-4-25-5-6-26(20(31)19(25)30)22(34)24-16(11(3)27)14(28)9-13-8-12-7-10(2)17(29)15(21(32)33)18(12)36-23(13)35/h7,11,13,16,27,29,35H,4-6,8-9H2,1-3H3,(H,24,34)(H,32,33)/t11-,13-,16-/m1/s1. The van der Waals surface area contributed by atoms with Gasteiger partial charge in [-0.05, 0) is 44.4 Å². The second kappa shape index (κ2) is 10.5. The average Bonchev–Trinajstić information content (AvgIpc) is 2.80. The molecule has 13 nitrogen and oxygen atoms in total. The Morgan fingerprint density at radius 3 is 2.50 bits per heavy atom. The molecule has 14 heteroatoms. The number of Topliss-reactive ketones (excluding diaryl/α,β-unsaturated/α-hetero) is 1. The third-order valence-corrected chi connectivity index (χ3v) is 6.36. The number of aliphatic hydroxyl groups is 1. The number of piperazine rings is 1. The number of carbonyl (C=O) groups is 5. The van der Waals surface area contributed by atoms with Crippen molar-refractivity contribution in [2.45, 2.75) is 51.6 Å². The van der Waals surface area contributed by atoms with Gasteiger partial charge in [0.05, 0.1) is 6.10 Å². The number of carboxylic acids is 1. The van der Waals surface area contributed by atoms with Gasteiger partial charge in [-0.2, -0.15) is 0 Å². The van der Waals surface area contributed by atoms with Crippen LogP contribution < -0.4 is 9.97 Å². The summed E-state index contributed by atoms with van der Waals surface area (Å²) in [5, 5.41) is 42.4. The molecule has 2 heterocycles. The van der Waals surface area contributed by atoms with E-state index in [4.69, 9.17) is 4.65 Å². The first kappa shape index (κ1) is 27.0. The molecular formula is C22H28BN3O10. The fourth-order valence-electron chi connectivity index (χ4n) is 4.35. The van der Waals surface area contributed by atoms with Gasteiger partial charge in [0.1, 0.15) is 23.1 Å². The molecule has 36 heavy (non-hydrogen) atoms. The number of rotatable bonds is 7. The maximum Gasteiger partial charge on any atom is 0.526 e. The summed E-state index contributed by atoms with van der Waals surface area (Å²) in [7, 11) is -1.60. The van der Waals surface area contributed by atoms with Gasteiger partial charge in [-0.15, -0.1) is 0 Å². The Morgan fingerprint density at radius 2 is 1.92 bits per heavy atom. The maximum absolute atomic E-state index is 13.0. The van der Waals surface area contributed by atoms with Crippen molar-refractivity contribution in [3.8, 4) is 11.5 Å². The van der Waals surface area contributed by atoms with Gasteiger partial charge in [-0.1, -0.05) is 0 Å². The van der Waals surface area contributed by atoms with Crippen molar-refractivity contribution in [1.29, 1.82) is 0 Å². The van der Waals surface area contributed by atoms with E-state index in [0.717, 1.165) is 0 Å². The zero-order valence-electron chi connectivity index (χ0n) is 20.1. The number of fused-ring (bicyclic) bond motifs is 1. The van der Waals surface area contributed by atoms with E-state index in [0.29, 0.717) is 17.0 Å². The van der Waals surface area contributed by atoms with E-state index in [9.17, 15) is 44.3 Å². The van der Waals surface area contributed by atoms with Crippen molar-refractivity contribution in [1.82, 2.24) is 15.1 Å². The Morgan fingerprint density at radius 1 is 1.25 bits per heavy atom. The zero-order valence-corrected chi connectivity index (χ0v) is 20.1. The number of hydrogen-bond donors (Lipinski definition) is 5. The van der Waals surface area contributed by atoms with Gasteiger partial charge in [0.25, 0.3) is 0 Å². The predicted molar refractivity (Wildman–Crippen MR) is 123 cm³/mol. The minimum atomic E-state index is -1.60. The van der Waals surface area contributed by atoms with Crippen molar-refractivity contribution in [2.75, 3.05) is 19.6 Å². The highest BCUT2D eigenvalue weighted by molar-refractivity contribution is 6.47. The summed E-state index contributed by atoms with van der Waals surface area (Å²) in [5.74, 6) is -5.55. The summed E-state index contributed by atoms with van der Waals surface area (Å²) in [5.41, 5.74) is 0.138. The maximum atomic E-state index is 13.0. The first-order chi connectivity index (χ1) is 16.9. The summed E-state index contributed by atoms with van der Waals surface area (Å²) >= 11 is 0. The van der Waals surface area contributed by atoms with Gasteiger partial charge in [0.15, 0.2) is 5.78 Å². The van der Waals surface area contributed by atoms with Gasteiger partial charge in [-0.25, -0.2) is 9.59 Å². The molecule has 0 aromatic heterocycles. The Hall–Kier alpha value is -3.65. The first-order valence-electron chi connectivity index (χ1n) is 11.4. The number of nitrogens with one attached hydrogen (secondary N) is 1. The highest BCUT2D eigenvalue weighted by atomic mass is 16.5. The molecule has 2 aliphatic rings. The quantitative estimate of drug-likeness (QED) is 0.234. The van der Waals surface area contributed by atoms with Crippen LogP contribution >= 0.6 is 0 Å². The van der Waals surface area contributed by atoms with Crippen LogP contribution in [0.25, 0.3) is 0 Å². The molecule has 1 aromatic carbocycles. The molecule has 0 radical (unpaired) electrons. The van der Waals surface area contributed by atoms with E-state index in [2.05, 4.69) is 5.32 Å². The number of aliphatic hydroxyl groups excluding tert-OH is 1. The third-order valence-electron chi connectivity index (χ3n) is 6.36. The fraction of sp³-hybridized carbons (Fsp3) is 0.500. The number of nitrogens with zero attached hydrogens (tertiary/aromatic N) is 2. The van der Waals surface area contributed by atoms with Gasteiger partial charge in [0.2, 0.25) is 0 Å². The van der Waals surface area contributed by atoms with Crippen LogP contribution in [-0.2, 0) is 20.8 Å². The first-order valence-corrected chi connectivity index (χ1v) is 11.4. The van der Waals surface area contributed by atoms with Gasteiger partial charge in [0, 0.05) is 31.9 Å². The van der Waals surface area contributed by atoms with Crippen molar-refractivity contribution >= 4 is 36.7 Å². The Bertz CT molecular complexity index is 1110. The topological polar surface area (TPSA) is 194 Å². The second-order valence-corrected chi connectivity index (χ2v) is 8.86. The van der Waals surface area contributed by atoms with Crippen LogP contribution in [0.4, 0.5) is 4.79 Å². The van der Waals surface area contributed by atoms with E-state index in [1.54, 1.807) is 6.92 Å². The number of hydrogen-bond acceptors (Lipinski definition) is 9. The number of aromatic hydroxyl groups is 1. The molecular weight excluding hydrogens is 477 g/mol. The van der Waals surface area contributed by atoms with E-state index in [1.165, 1.54) is 24.8 Å². The molecule has 1 fully saturated rings. The summed E-state index contributed by atoms with van der Waals surface area (Å²) in [6, 6.07) is -0.965. The molecule has 3 atom stereocenters. The third kappa shape index (κ3) is 5.14. The molecule has 5 N–H and O–H groups in total. The average molecular weight is 505 g/mol. The number of benzene rings is 1. The highest BCUT2D eigenvalue weighted by Crippen LogP contribution is 2.41. The molecule has 1 saturated heterocycles. The minimum Gasteiger partial charge on any atom is -0.535 e. The normalized spacial score (nSPS) is 19.4. The lowest BCUT2D eigenvalue weighted by Gasteiger charge is -2.33. The number of imide groups is 1. The Kier molecular flexibility index (Phi) is 7.89. The summed E-state index contributed by atoms with van der Waals surface area (Å²) in [4.78, 5) is 63.6. The number of carbonyl (C=O) groups excluding carboxylic acids is 4.